The van der Waals surface area contributed by atoms with Crippen LogP contribution in [0.3, 0.4) is 0 Å². The van der Waals surface area contributed by atoms with Gasteiger partial charge in [0.05, 0.1) is 68.7 Å². The topological polar surface area (TPSA) is 64.6 Å². The molecule has 0 rings (SSSR count). The van der Waals surface area contributed by atoms with Gasteiger partial charge >= 0.3 is 0 Å². The Balaban J connectivity index is 3.15. The van der Waals surface area contributed by atoms with Crippen LogP contribution in [0.1, 0.15) is 13.8 Å². The lowest BCUT2D eigenvalue weighted by atomic mass is 10.6. The summed E-state index contributed by atoms with van der Waals surface area (Å²) in [7, 11) is 1.31. The Morgan fingerprint density at radius 1 is 0.696 bits per heavy atom. The van der Waals surface area contributed by atoms with Gasteiger partial charge in [0.25, 0.3) is 0 Å². The Hall–Kier alpha value is 0.800. The van der Waals surface area contributed by atoms with E-state index in [0.29, 0.717) is 72.7 Å². The average Bonchev–Trinajstić information content (AvgIpc) is 2.55. The first-order chi connectivity index (χ1) is 11.3. The first-order valence-corrected chi connectivity index (χ1v) is 11.1. The van der Waals surface area contributed by atoms with Gasteiger partial charge in [-0.05, 0) is 13.8 Å². The molecule has 0 heterocycles. The molecule has 0 aliphatic carbocycles. The minimum Gasteiger partial charge on any atom is -0.377 e. The van der Waals surface area contributed by atoms with E-state index in [1.54, 1.807) is 0 Å². The molecule has 0 unspecified atom stereocenters. The fourth-order valence-electron chi connectivity index (χ4n) is 1.48. The van der Waals surface area contributed by atoms with Crippen LogP contribution in [-0.2, 0) is 32.6 Å². The maximum absolute atomic E-state index is 5.44. The molecule has 0 aromatic heterocycles. The van der Waals surface area contributed by atoms with Gasteiger partial charge in [-0.1, -0.05) is 0 Å². The SMILES string of the molecule is CCOC(COCCOCCOCCOCCOSI)OCC. The van der Waals surface area contributed by atoms with Gasteiger partial charge < -0.3 is 32.6 Å². The molecule has 0 bridgehead atoms. The average molecular weight is 468 g/mol. The molecule has 23 heavy (non-hydrogen) atoms. The van der Waals surface area contributed by atoms with Gasteiger partial charge in [-0.15, -0.1) is 0 Å². The van der Waals surface area contributed by atoms with Crippen molar-refractivity contribution in [3.8, 4) is 0 Å². The minimum absolute atomic E-state index is 0.297. The van der Waals surface area contributed by atoms with Gasteiger partial charge in [0, 0.05) is 34.4 Å². The van der Waals surface area contributed by atoms with E-state index in [9.17, 15) is 0 Å². The third-order valence-corrected chi connectivity index (χ3v) is 3.45. The second kappa shape index (κ2) is 20.8. The van der Waals surface area contributed by atoms with Gasteiger partial charge in [0.15, 0.2) is 6.29 Å². The number of hydrogen-bond acceptors (Lipinski definition) is 8. The van der Waals surface area contributed by atoms with E-state index < -0.39 is 0 Å². The molecule has 0 saturated carbocycles. The molecule has 0 amide bonds. The van der Waals surface area contributed by atoms with Crippen molar-refractivity contribution < 1.29 is 32.6 Å². The lowest BCUT2D eigenvalue weighted by molar-refractivity contribution is -0.169. The van der Waals surface area contributed by atoms with Crippen LogP contribution in [-0.4, -0.2) is 79.0 Å². The Morgan fingerprint density at radius 3 is 1.57 bits per heavy atom. The van der Waals surface area contributed by atoms with Crippen molar-refractivity contribution in [1.29, 1.82) is 0 Å². The standard InChI is InChI=1S/C14H29IO7S/c1-3-20-14(21-4-2)13-19-10-9-17-6-5-16-7-8-18-11-12-22-23-15/h14H,3-13H2,1-2H3. The quantitative estimate of drug-likeness (QED) is 0.124. The molecule has 0 atom stereocenters. The summed E-state index contributed by atoms with van der Waals surface area (Å²) in [6.07, 6.45) is -0.297. The predicted octanol–water partition coefficient (Wildman–Crippen LogP) is 2.47. The molecule has 0 N–H and O–H groups in total. The Morgan fingerprint density at radius 2 is 1.13 bits per heavy atom. The van der Waals surface area contributed by atoms with Crippen molar-refractivity contribution in [2.24, 2.45) is 0 Å². The number of ether oxygens (including phenoxy) is 6. The van der Waals surface area contributed by atoms with E-state index in [0.717, 1.165) is 0 Å². The summed E-state index contributed by atoms with van der Waals surface area (Å²) >= 11 is 2.07. The first kappa shape index (κ1) is 23.8. The lowest BCUT2D eigenvalue weighted by Gasteiger charge is -2.16. The van der Waals surface area contributed by atoms with Crippen LogP contribution < -0.4 is 0 Å². The highest BCUT2D eigenvalue weighted by Crippen LogP contribution is 2.10. The summed E-state index contributed by atoms with van der Waals surface area (Å²) in [6, 6.07) is 0. The molecule has 9 heteroatoms. The first-order valence-electron chi connectivity index (χ1n) is 7.79. The molecule has 0 fully saturated rings. The van der Waals surface area contributed by atoms with Crippen molar-refractivity contribution in [3.05, 3.63) is 0 Å². The molecule has 140 valence electrons. The zero-order chi connectivity index (χ0) is 17.0. The summed E-state index contributed by atoms with van der Waals surface area (Å²) in [6.45, 7) is 9.89. The summed E-state index contributed by atoms with van der Waals surface area (Å²) in [5.41, 5.74) is 0. The van der Waals surface area contributed by atoms with Gasteiger partial charge in [-0.2, -0.15) is 0 Å². The fraction of sp³-hybridized carbons (Fsp3) is 1.00. The van der Waals surface area contributed by atoms with E-state index >= 15 is 0 Å². The summed E-state index contributed by atoms with van der Waals surface area (Å²) in [5, 5.41) is 0. The number of hydrogen-bond donors (Lipinski definition) is 0. The fourth-order valence-corrected chi connectivity index (χ4v) is 2.15. The molecule has 0 aliphatic heterocycles. The van der Waals surface area contributed by atoms with Crippen LogP contribution in [0.5, 0.6) is 0 Å². The molecule has 0 radical (unpaired) electrons. The highest BCUT2D eigenvalue weighted by molar-refractivity contribution is 14.2. The molecule has 0 aliphatic rings. The lowest BCUT2D eigenvalue weighted by Crippen LogP contribution is -2.24. The van der Waals surface area contributed by atoms with Crippen LogP contribution in [0.4, 0.5) is 0 Å². The van der Waals surface area contributed by atoms with Gasteiger partial charge in [-0.3, -0.25) is 0 Å². The molecule has 0 saturated heterocycles. The second-order valence-corrected chi connectivity index (χ2v) is 5.58. The van der Waals surface area contributed by atoms with Crippen LogP contribution in [0.25, 0.3) is 0 Å². The maximum atomic E-state index is 5.44. The second-order valence-electron chi connectivity index (χ2n) is 4.14. The van der Waals surface area contributed by atoms with E-state index in [1.165, 1.54) is 9.21 Å². The summed E-state index contributed by atoms with van der Waals surface area (Å²) in [5.74, 6) is 0. The maximum Gasteiger partial charge on any atom is 0.180 e. The molecular weight excluding hydrogens is 439 g/mol. The Bertz CT molecular complexity index is 221. The zero-order valence-electron chi connectivity index (χ0n) is 14.0. The highest BCUT2D eigenvalue weighted by atomic mass is 127. The van der Waals surface area contributed by atoms with E-state index in [2.05, 4.69) is 21.2 Å². The molecule has 0 spiro atoms. The van der Waals surface area contributed by atoms with Crippen LogP contribution in [0, 0.1) is 0 Å². The van der Waals surface area contributed by atoms with Crippen molar-refractivity contribution in [1.82, 2.24) is 0 Å². The van der Waals surface area contributed by atoms with Gasteiger partial charge in [-0.25, -0.2) is 0 Å². The Kier molecular flexibility index (Phi) is 21.6. The third kappa shape index (κ3) is 19.0. The van der Waals surface area contributed by atoms with Crippen molar-refractivity contribution in [2.75, 3.05) is 72.7 Å². The predicted molar refractivity (Wildman–Crippen MR) is 97.9 cm³/mol. The zero-order valence-corrected chi connectivity index (χ0v) is 17.0. The molecule has 0 aromatic carbocycles. The van der Waals surface area contributed by atoms with E-state index in [1.807, 2.05) is 13.8 Å². The number of rotatable bonds is 19. The van der Waals surface area contributed by atoms with Gasteiger partial charge in [0.2, 0.25) is 0 Å². The monoisotopic (exact) mass is 468 g/mol. The minimum atomic E-state index is -0.297. The van der Waals surface area contributed by atoms with Crippen LogP contribution in [0.15, 0.2) is 0 Å². The summed E-state index contributed by atoms with van der Waals surface area (Å²) in [4.78, 5) is 0. The smallest absolute Gasteiger partial charge is 0.180 e. The normalized spacial score (nSPS) is 11.5. The molecule has 7 nitrogen and oxygen atoms in total. The van der Waals surface area contributed by atoms with Crippen molar-refractivity contribution in [3.63, 3.8) is 0 Å². The summed E-state index contributed by atoms with van der Waals surface area (Å²) < 4.78 is 37.3. The highest BCUT2D eigenvalue weighted by Gasteiger charge is 2.07. The Labute approximate surface area is 155 Å². The van der Waals surface area contributed by atoms with Crippen LogP contribution in [0.2, 0.25) is 0 Å². The third-order valence-electron chi connectivity index (χ3n) is 2.43. The largest absolute Gasteiger partial charge is 0.377 e. The number of halogens is 1. The van der Waals surface area contributed by atoms with E-state index in [-0.39, 0.29) is 6.29 Å². The van der Waals surface area contributed by atoms with Crippen LogP contribution >= 0.6 is 30.4 Å². The molecule has 0 aromatic rings. The molecular formula is C14H29IO7S. The van der Waals surface area contributed by atoms with E-state index in [4.69, 9.17) is 32.6 Å². The van der Waals surface area contributed by atoms with Crippen molar-refractivity contribution >= 4 is 30.4 Å². The van der Waals surface area contributed by atoms with Gasteiger partial charge in [0.1, 0.15) is 0 Å². The van der Waals surface area contributed by atoms with Crippen molar-refractivity contribution in [2.45, 2.75) is 20.1 Å².